The van der Waals surface area contributed by atoms with E-state index in [4.69, 9.17) is 10.8 Å². The number of methoxy groups -OCH3 is 1. The van der Waals surface area contributed by atoms with Crippen molar-refractivity contribution in [2.75, 3.05) is 7.11 Å². The number of phenolic OH excluding ortho intramolecular Hbond substituents is 1. The fraction of sp³-hybridized carbons (Fsp3) is 0.273. The first-order chi connectivity index (χ1) is 7.54. The van der Waals surface area contributed by atoms with Crippen molar-refractivity contribution in [2.24, 2.45) is 5.73 Å². The van der Waals surface area contributed by atoms with Crippen LogP contribution in [0.15, 0.2) is 24.3 Å². The van der Waals surface area contributed by atoms with Gasteiger partial charge in [0, 0.05) is 12.0 Å². The van der Waals surface area contributed by atoms with Crippen LogP contribution in [0.5, 0.6) is 5.75 Å². The van der Waals surface area contributed by atoms with Gasteiger partial charge in [-0.1, -0.05) is 0 Å². The number of benzene rings is 1. The van der Waals surface area contributed by atoms with Crippen LogP contribution in [0.2, 0.25) is 0 Å². The van der Waals surface area contributed by atoms with Crippen molar-refractivity contribution in [3.8, 4) is 5.75 Å². The van der Waals surface area contributed by atoms with Gasteiger partial charge < -0.3 is 15.6 Å². The van der Waals surface area contributed by atoms with E-state index >= 15 is 0 Å². The first-order valence-electron chi connectivity index (χ1n) is 4.70. The third-order valence-corrected chi connectivity index (χ3v) is 2.10. The van der Waals surface area contributed by atoms with Gasteiger partial charge in [0.2, 0.25) is 0 Å². The molecule has 1 aromatic carbocycles. The van der Waals surface area contributed by atoms with Crippen LogP contribution >= 0.6 is 0 Å². The topological polar surface area (TPSA) is 89.6 Å². The number of Topliss-reactive ketones (excluding diaryl/α,β-unsaturated/α-hetero) is 1. The van der Waals surface area contributed by atoms with Crippen molar-refractivity contribution in [2.45, 2.75) is 12.5 Å². The number of carbonyl (C=O) groups excluding carboxylic acids is 2. The Hall–Kier alpha value is -1.88. The van der Waals surface area contributed by atoms with Crippen molar-refractivity contribution in [1.29, 1.82) is 0 Å². The molecule has 0 saturated heterocycles. The fourth-order valence-electron chi connectivity index (χ4n) is 1.20. The summed E-state index contributed by atoms with van der Waals surface area (Å²) in [5.41, 5.74) is 5.85. The van der Waals surface area contributed by atoms with Crippen LogP contribution in [0.4, 0.5) is 0 Å². The van der Waals surface area contributed by atoms with Gasteiger partial charge in [-0.25, -0.2) is 0 Å². The molecule has 0 aliphatic rings. The molecule has 0 aliphatic heterocycles. The number of carbonyl (C=O) groups is 2. The van der Waals surface area contributed by atoms with Crippen molar-refractivity contribution in [1.82, 2.24) is 0 Å². The van der Waals surface area contributed by atoms with Crippen molar-refractivity contribution in [3.63, 3.8) is 0 Å². The van der Waals surface area contributed by atoms with E-state index in [0.29, 0.717) is 5.56 Å². The first kappa shape index (κ1) is 12.2. The lowest BCUT2D eigenvalue weighted by atomic mass is 10.0. The molecule has 0 aromatic heterocycles. The molecule has 1 rings (SSSR count). The molecule has 86 valence electrons. The zero-order valence-electron chi connectivity index (χ0n) is 8.84. The van der Waals surface area contributed by atoms with Crippen LogP contribution in [-0.4, -0.2) is 30.0 Å². The van der Waals surface area contributed by atoms with E-state index in [0.717, 1.165) is 0 Å². The molecule has 0 heterocycles. The second kappa shape index (κ2) is 5.27. The molecule has 0 amide bonds. The van der Waals surface area contributed by atoms with Gasteiger partial charge in [0.1, 0.15) is 11.8 Å². The van der Waals surface area contributed by atoms with Crippen LogP contribution in [-0.2, 0) is 9.53 Å². The molecular formula is C11H13NO4. The standard InChI is InChI=1S/C11H13NO4/c1-16-11(15)9(12)6-10(14)7-2-4-8(13)5-3-7/h2-5,9,13H,6,12H2,1H3. The van der Waals surface area contributed by atoms with E-state index in [1.807, 2.05) is 0 Å². The highest BCUT2D eigenvalue weighted by Gasteiger charge is 2.18. The zero-order chi connectivity index (χ0) is 12.1. The van der Waals surface area contributed by atoms with E-state index in [1.165, 1.54) is 31.4 Å². The molecule has 1 unspecified atom stereocenters. The molecule has 5 nitrogen and oxygen atoms in total. The number of hydrogen-bond donors (Lipinski definition) is 2. The molecule has 0 spiro atoms. The fourth-order valence-corrected chi connectivity index (χ4v) is 1.20. The predicted molar refractivity (Wildman–Crippen MR) is 57.0 cm³/mol. The van der Waals surface area contributed by atoms with E-state index in [1.54, 1.807) is 0 Å². The maximum atomic E-state index is 11.6. The summed E-state index contributed by atoms with van der Waals surface area (Å²) in [6.07, 6.45) is -0.114. The van der Waals surface area contributed by atoms with Gasteiger partial charge >= 0.3 is 5.97 Å². The summed E-state index contributed by atoms with van der Waals surface area (Å²) in [6.45, 7) is 0. The molecular weight excluding hydrogens is 210 g/mol. The summed E-state index contributed by atoms with van der Waals surface area (Å²) in [5, 5.41) is 9.04. The molecule has 1 atom stereocenters. The Morgan fingerprint density at radius 1 is 1.38 bits per heavy atom. The van der Waals surface area contributed by atoms with E-state index in [-0.39, 0.29) is 18.0 Å². The number of esters is 1. The number of hydrogen-bond acceptors (Lipinski definition) is 5. The van der Waals surface area contributed by atoms with Gasteiger partial charge in [-0.05, 0) is 24.3 Å². The van der Waals surface area contributed by atoms with Crippen LogP contribution in [0.3, 0.4) is 0 Å². The number of phenols is 1. The number of ether oxygens (including phenoxy) is 1. The van der Waals surface area contributed by atoms with E-state index in [9.17, 15) is 9.59 Å². The van der Waals surface area contributed by atoms with E-state index < -0.39 is 12.0 Å². The summed E-state index contributed by atoms with van der Waals surface area (Å²) in [4.78, 5) is 22.6. The SMILES string of the molecule is COC(=O)C(N)CC(=O)c1ccc(O)cc1. The molecule has 5 heteroatoms. The number of aromatic hydroxyl groups is 1. The smallest absolute Gasteiger partial charge is 0.323 e. The third kappa shape index (κ3) is 3.06. The lowest BCUT2D eigenvalue weighted by Gasteiger charge is -2.08. The lowest BCUT2D eigenvalue weighted by molar-refractivity contribution is -0.142. The van der Waals surface area contributed by atoms with Gasteiger partial charge in [-0.3, -0.25) is 9.59 Å². The van der Waals surface area contributed by atoms with Crippen LogP contribution in [0.25, 0.3) is 0 Å². The lowest BCUT2D eigenvalue weighted by Crippen LogP contribution is -2.33. The highest BCUT2D eigenvalue weighted by Crippen LogP contribution is 2.12. The van der Waals surface area contributed by atoms with Gasteiger partial charge in [0.05, 0.1) is 7.11 Å². The molecule has 0 saturated carbocycles. The molecule has 3 N–H and O–H groups in total. The molecule has 0 aliphatic carbocycles. The summed E-state index contributed by atoms with van der Waals surface area (Å²) < 4.78 is 4.41. The number of nitrogens with two attached hydrogens (primary N) is 1. The maximum absolute atomic E-state index is 11.6. The molecule has 0 bridgehead atoms. The van der Waals surface area contributed by atoms with Gasteiger partial charge in [-0.15, -0.1) is 0 Å². The quantitative estimate of drug-likeness (QED) is 0.572. The third-order valence-electron chi connectivity index (χ3n) is 2.10. The van der Waals surface area contributed by atoms with Gasteiger partial charge in [-0.2, -0.15) is 0 Å². The Morgan fingerprint density at radius 3 is 2.44 bits per heavy atom. The van der Waals surface area contributed by atoms with Gasteiger partial charge in [0.15, 0.2) is 5.78 Å². The Balaban J connectivity index is 2.65. The molecule has 0 radical (unpaired) electrons. The second-order valence-electron chi connectivity index (χ2n) is 3.30. The first-order valence-corrected chi connectivity index (χ1v) is 4.70. The molecule has 1 aromatic rings. The average molecular weight is 223 g/mol. The van der Waals surface area contributed by atoms with E-state index in [2.05, 4.69) is 4.74 Å². The minimum atomic E-state index is -0.952. The summed E-state index contributed by atoms with van der Waals surface area (Å²) in [7, 11) is 1.22. The molecule has 0 fully saturated rings. The Morgan fingerprint density at radius 2 is 1.94 bits per heavy atom. The Bertz CT molecular complexity index is 385. The minimum Gasteiger partial charge on any atom is -0.508 e. The monoisotopic (exact) mass is 223 g/mol. The zero-order valence-corrected chi connectivity index (χ0v) is 8.84. The summed E-state index contributed by atoms with van der Waals surface area (Å²) in [6, 6.07) is 4.79. The minimum absolute atomic E-state index is 0.0776. The van der Waals surface area contributed by atoms with Crippen molar-refractivity contribution >= 4 is 11.8 Å². The largest absolute Gasteiger partial charge is 0.508 e. The van der Waals surface area contributed by atoms with Crippen LogP contribution in [0.1, 0.15) is 16.8 Å². The highest BCUT2D eigenvalue weighted by molar-refractivity contribution is 5.98. The molecule has 16 heavy (non-hydrogen) atoms. The summed E-state index contributed by atoms with van der Waals surface area (Å²) in [5.74, 6) is -0.807. The van der Waals surface area contributed by atoms with Crippen molar-refractivity contribution < 1.29 is 19.4 Å². The second-order valence-corrected chi connectivity index (χ2v) is 3.30. The average Bonchev–Trinajstić information content (AvgIpc) is 2.28. The van der Waals surface area contributed by atoms with Crippen LogP contribution < -0.4 is 5.73 Å². The number of rotatable bonds is 4. The van der Waals surface area contributed by atoms with Crippen LogP contribution in [0, 0.1) is 0 Å². The predicted octanol–water partition coefficient (Wildman–Crippen LogP) is 0.465. The maximum Gasteiger partial charge on any atom is 0.323 e. The normalized spacial score (nSPS) is 11.9. The Kier molecular flexibility index (Phi) is 4.02. The summed E-state index contributed by atoms with van der Waals surface area (Å²) >= 11 is 0. The highest BCUT2D eigenvalue weighted by atomic mass is 16.5. The van der Waals surface area contributed by atoms with Crippen molar-refractivity contribution in [3.05, 3.63) is 29.8 Å². The Labute approximate surface area is 92.8 Å². The van der Waals surface area contributed by atoms with Gasteiger partial charge in [0.25, 0.3) is 0 Å². The number of ketones is 1.